The molecule has 32 heavy (non-hydrogen) atoms. The molecule has 7 nitrogen and oxygen atoms in total. The molecule has 0 saturated carbocycles. The van der Waals surface area contributed by atoms with Gasteiger partial charge in [0, 0.05) is 11.1 Å². The Hall–Kier alpha value is -3.62. The van der Waals surface area contributed by atoms with Crippen molar-refractivity contribution >= 4 is 35.0 Å². The van der Waals surface area contributed by atoms with Crippen LogP contribution in [0.2, 0.25) is 5.02 Å². The number of ether oxygens (including phenoxy) is 1. The Labute approximate surface area is 192 Å². The van der Waals surface area contributed by atoms with Crippen molar-refractivity contribution in [2.24, 2.45) is 0 Å². The third-order valence-electron chi connectivity index (χ3n) is 4.49. The van der Waals surface area contributed by atoms with Crippen LogP contribution in [-0.4, -0.2) is 20.7 Å². The number of nitro benzene ring substituents is 1. The van der Waals surface area contributed by atoms with Crippen molar-refractivity contribution < 1.29 is 14.5 Å². The fraction of sp³-hybridized carbons (Fsp3) is 0.0435. The first-order valence-electron chi connectivity index (χ1n) is 9.48. The predicted molar refractivity (Wildman–Crippen MR) is 122 cm³/mol. The van der Waals surface area contributed by atoms with E-state index in [4.69, 9.17) is 16.3 Å². The Morgan fingerprint density at radius 1 is 1.06 bits per heavy atom. The minimum absolute atomic E-state index is 0.0449. The second-order valence-electron chi connectivity index (χ2n) is 6.69. The smallest absolute Gasteiger partial charge is 0.344 e. The lowest BCUT2D eigenvalue weighted by Gasteiger charge is -2.10. The van der Waals surface area contributed by atoms with Crippen LogP contribution < -0.4 is 4.74 Å². The number of halogens is 1. The van der Waals surface area contributed by atoms with Crippen LogP contribution in [0, 0.1) is 17.0 Å². The van der Waals surface area contributed by atoms with Crippen LogP contribution in [-0.2, 0) is 0 Å². The molecule has 0 spiro atoms. The summed E-state index contributed by atoms with van der Waals surface area (Å²) in [5.74, 6) is -0.448. The molecule has 9 heteroatoms. The summed E-state index contributed by atoms with van der Waals surface area (Å²) in [6.45, 7) is 1.76. The normalized spacial score (nSPS) is 10.7. The third-order valence-corrected chi connectivity index (χ3v) is 5.96. The van der Waals surface area contributed by atoms with Crippen LogP contribution in [0.4, 0.5) is 5.69 Å². The zero-order valence-corrected chi connectivity index (χ0v) is 18.3. The molecule has 0 aliphatic heterocycles. The van der Waals surface area contributed by atoms with Gasteiger partial charge in [-0.3, -0.25) is 10.1 Å². The first-order valence-corrected chi connectivity index (χ1v) is 10.7. The number of hydrogen-bond donors (Lipinski definition) is 0. The molecule has 0 N–H and O–H groups in total. The zero-order chi connectivity index (χ0) is 22.7. The molecule has 160 valence electrons. The highest BCUT2D eigenvalue weighted by atomic mass is 35.5. The van der Waals surface area contributed by atoms with E-state index in [2.05, 4.69) is 5.10 Å². The molecule has 0 fully saturated rings. The second-order valence-corrected chi connectivity index (χ2v) is 8.18. The van der Waals surface area contributed by atoms with E-state index in [1.807, 2.05) is 30.3 Å². The van der Waals surface area contributed by atoms with Crippen LogP contribution in [0.25, 0.3) is 5.69 Å². The van der Waals surface area contributed by atoms with Crippen LogP contribution in [0.15, 0.2) is 88.7 Å². The lowest BCUT2D eigenvalue weighted by atomic mass is 10.2. The van der Waals surface area contributed by atoms with E-state index >= 15 is 0 Å². The minimum Gasteiger partial charge on any atom is -0.402 e. The number of aromatic nitrogens is 2. The Morgan fingerprint density at radius 2 is 1.78 bits per heavy atom. The van der Waals surface area contributed by atoms with E-state index in [9.17, 15) is 14.9 Å². The summed E-state index contributed by atoms with van der Waals surface area (Å²) in [6.07, 6.45) is 0. The molecule has 0 aliphatic carbocycles. The summed E-state index contributed by atoms with van der Waals surface area (Å²) < 4.78 is 7.29. The largest absolute Gasteiger partial charge is 0.402 e. The van der Waals surface area contributed by atoms with Crippen molar-refractivity contribution in [1.82, 2.24) is 9.78 Å². The van der Waals surface area contributed by atoms with Crippen molar-refractivity contribution in [3.63, 3.8) is 0 Å². The Bertz CT molecular complexity index is 1310. The highest BCUT2D eigenvalue weighted by molar-refractivity contribution is 7.99. The molecular weight excluding hydrogens is 450 g/mol. The molecule has 0 saturated heterocycles. The van der Waals surface area contributed by atoms with Crippen molar-refractivity contribution in [2.45, 2.75) is 16.7 Å². The molecule has 0 amide bonds. The van der Waals surface area contributed by atoms with Crippen molar-refractivity contribution in [3.05, 3.63) is 105 Å². The summed E-state index contributed by atoms with van der Waals surface area (Å²) in [4.78, 5) is 24.8. The monoisotopic (exact) mass is 465 g/mol. The van der Waals surface area contributed by atoms with Gasteiger partial charge in [0.1, 0.15) is 0 Å². The maximum absolute atomic E-state index is 12.9. The van der Waals surface area contributed by atoms with Gasteiger partial charge < -0.3 is 4.74 Å². The average molecular weight is 466 g/mol. The summed E-state index contributed by atoms with van der Waals surface area (Å²) in [5, 5.41) is 16.4. The molecule has 3 aromatic carbocycles. The van der Waals surface area contributed by atoms with Gasteiger partial charge >= 0.3 is 5.97 Å². The molecule has 0 unspecified atom stereocenters. The van der Waals surface area contributed by atoms with E-state index in [1.165, 1.54) is 16.8 Å². The average Bonchev–Trinajstić information content (AvgIpc) is 3.09. The van der Waals surface area contributed by atoms with Crippen molar-refractivity contribution in [1.29, 1.82) is 0 Å². The second kappa shape index (κ2) is 9.25. The van der Waals surface area contributed by atoms with E-state index in [-0.39, 0.29) is 17.1 Å². The van der Waals surface area contributed by atoms with E-state index < -0.39 is 10.9 Å². The number of rotatable bonds is 6. The minimum atomic E-state index is -0.617. The number of hydrogen-bond acceptors (Lipinski definition) is 6. The number of esters is 1. The summed E-state index contributed by atoms with van der Waals surface area (Å²) in [5.41, 5.74) is 1.47. The number of nitro groups is 1. The van der Waals surface area contributed by atoms with Gasteiger partial charge in [-0.25, -0.2) is 4.79 Å². The number of para-hydroxylation sites is 2. The molecule has 1 aromatic heterocycles. The lowest BCUT2D eigenvalue weighted by molar-refractivity contribution is -0.387. The van der Waals surface area contributed by atoms with Gasteiger partial charge in [-0.15, -0.1) is 0 Å². The topological polar surface area (TPSA) is 87.3 Å². The molecule has 0 radical (unpaired) electrons. The van der Waals surface area contributed by atoms with E-state index in [0.717, 1.165) is 11.8 Å². The molecule has 0 aliphatic rings. The van der Waals surface area contributed by atoms with Crippen LogP contribution in [0.1, 0.15) is 16.1 Å². The van der Waals surface area contributed by atoms with Crippen molar-refractivity contribution in [3.8, 4) is 11.6 Å². The summed E-state index contributed by atoms with van der Waals surface area (Å²) in [6, 6.07) is 22.0. The molecule has 1 heterocycles. The summed E-state index contributed by atoms with van der Waals surface area (Å²) in [7, 11) is 0. The zero-order valence-electron chi connectivity index (χ0n) is 16.8. The quantitative estimate of drug-likeness (QED) is 0.194. The molecule has 4 aromatic rings. The maximum atomic E-state index is 12.9. The fourth-order valence-electron chi connectivity index (χ4n) is 3.01. The van der Waals surface area contributed by atoms with Gasteiger partial charge in [0.05, 0.1) is 31.7 Å². The first kappa shape index (κ1) is 21.6. The van der Waals surface area contributed by atoms with Crippen molar-refractivity contribution in [2.75, 3.05) is 0 Å². The summed E-state index contributed by atoms with van der Waals surface area (Å²) >= 11 is 7.14. The van der Waals surface area contributed by atoms with Gasteiger partial charge in [-0.2, -0.15) is 9.78 Å². The Kier molecular flexibility index (Phi) is 6.25. The number of carbonyl (C=O) groups excluding carboxylic acids is 1. The molecule has 0 bridgehead atoms. The maximum Gasteiger partial charge on any atom is 0.344 e. The van der Waals surface area contributed by atoms with Crippen LogP contribution in [0.5, 0.6) is 5.88 Å². The highest BCUT2D eigenvalue weighted by Gasteiger charge is 2.25. The first-order chi connectivity index (χ1) is 15.4. The fourth-order valence-corrected chi connectivity index (χ4v) is 4.22. The Morgan fingerprint density at radius 3 is 2.50 bits per heavy atom. The number of carbonyl (C=O) groups is 1. The molecule has 4 rings (SSSR count). The van der Waals surface area contributed by atoms with Gasteiger partial charge in [0.25, 0.3) is 5.69 Å². The predicted octanol–water partition coefficient (Wildman–Crippen LogP) is 6.11. The van der Waals surface area contributed by atoms with Gasteiger partial charge in [-0.1, -0.05) is 59.8 Å². The molecule has 0 atom stereocenters. The SMILES string of the molecule is Cc1nn(-c2ccccc2)c(OC(=O)c2cccc(Cl)c2)c1Sc1ccccc1[N+](=O)[O-]. The Balaban J connectivity index is 1.81. The third kappa shape index (κ3) is 4.51. The van der Waals surface area contributed by atoms with Gasteiger partial charge in [-0.05, 0) is 43.3 Å². The van der Waals surface area contributed by atoms with Crippen LogP contribution in [0.3, 0.4) is 0 Å². The molecular formula is C23H16ClN3O4S. The highest BCUT2D eigenvalue weighted by Crippen LogP contribution is 2.42. The number of benzene rings is 3. The lowest BCUT2D eigenvalue weighted by Crippen LogP contribution is -2.12. The number of nitrogens with zero attached hydrogens (tertiary/aromatic N) is 3. The van der Waals surface area contributed by atoms with Gasteiger partial charge in [0.15, 0.2) is 0 Å². The van der Waals surface area contributed by atoms with E-state index in [0.29, 0.717) is 26.2 Å². The number of aryl methyl sites for hydroxylation is 1. The van der Waals surface area contributed by atoms with Gasteiger partial charge in [0.2, 0.25) is 5.88 Å². The van der Waals surface area contributed by atoms with E-state index in [1.54, 1.807) is 43.3 Å². The standard InChI is InChI=1S/C23H16ClN3O4S/c1-15-21(32-20-13-6-5-12-19(20)27(29)30)22(26(25-15)18-10-3-2-4-11-18)31-23(28)16-8-7-9-17(24)14-16/h2-14H,1H3. The van der Waals surface area contributed by atoms with Crippen LogP contribution >= 0.6 is 23.4 Å².